The fraction of sp³-hybridized carbons (Fsp3) is 0. The topological polar surface area (TPSA) is 147 Å². The number of thiazole rings is 2. The molecule has 0 aliphatic carbocycles. The van der Waals surface area contributed by atoms with E-state index in [4.69, 9.17) is 0 Å². The molecule has 0 aliphatic heterocycles. The van der Waals surface area contributed by atoms with Crippen molar-refractivity contribution in [3.05, 3.63) is 115 Å². The molecule has 10 nitrogen and oxygen atoms in total. The lowest BCUT2D eigenvalue weighted by molar-refractivity contribution is -0.991. The van der Waals surface area contributed by atoms with E-state index in [0.29, 0.717) is 0 Å². The summed E-state index contributed by atoms with van der Waals surface area (Å²) in [6, 6.07) is 19.9. The molecule has 38 heavy (non-hydrogen) atoms. The van der Waals surface area contributed by atoms with E-state index in [9.17, 15) is 31.2 Å². The summed E-state index contributed by atoms with van der Waals surface area (Å²) in [5, 5.41) is 61.4. The van der Waals surface area contributed by atoms with Crippen molar-refractivity contribution < 1.29 is 35.7 Å². The molecule has 0 fully saturated rings. The molecule has 2 heterocycles. The normalized spacial score (nSPS) is 14.9. The standard InChI is InChI=1S/C25H21N4O6S2.BrH/c30-27(31)19-7-1-16(2-8-19)13-22-24(14-17-3-9-20(10-4-17)28(32)33)37-25-26(22)23(15-36-25)18-5-11-21(12-6-18)29(34)35;/h1-15,27-30,32,34H;1H/q+1;/b22-13+,24-14-;. The van der Waals surface area contributed by atoms with Crippen LogP contribution in [0.4, 0.5) is 17.1 Å². The summed E-state index contributed by atoms with van der Waals surface area (Å²) >= 11 is 3.13. The number of halogens is 1. The highest BCUT2D eigenvalue weighted by atomic mass is 79.9. The van der Waals surface area contributed by atoms with Gasteiger partial charge in [-0.1, -0.05) is 22.7 Å². The van der Waals surface area contributed by atoms with Crippen LogP contribution in [0.1, 0.15) is 11.1 Å². The summed E-state index contributed by atoms with van der Waals surface area (Å²) < 4.78 is 4.02. The molecule has 196 valence electrons. The first-order valence-corrected chi connectivity index (χ1v) is 12.7. The van der Waals surface area contributed by atoms with Crippen molar-refractivity contribution in [2.45, 2.75) is 0 Å². The molecule has 6 N–H and O–H groups in total. The second-order valence-electron chi connectivity index (χ2n) is 8.10. The number of aromatic nitrogens is 1. The zero-order chi connectivity index (χ0) is 26.1. The SMILES string of the molecule is Br.[O-][NH+](O)c1ccc(/C=c2\sc3scc(-c4ccc([NH+]([O-])O)cc4)[n+]3\c2=C\c2ccc([NH+]([O-])O)cc2)cc1. The van der Waals surface area contributed by atoms with Gasteiger partial charge in [-0.15, -0.1) is 21.4 Å². The maximum absolute atomic E-state index is 11.3. The molecule has 0 radical (unpaired) electrons. The van der Waals surface area contributed by atoms with Crippen LogP contribution in [0.15, 0.2) is 78.2 Å². The number of fused-ring (bicyclic) bond motifs is 1. The molecule has 3 atom stereocenters. The Balaban J connectivity index is 0.00000336. The minimum Gasteiger partial charge on any atom is -0.595 e. The maximum atomic E-state index is 11.3. The Hall–Kier alpha value is -2.89. The third kappa shape index (κ3) is 5.89. The minimum absolute atomic E-state index is 0. The lowest BCUT2D eigenvalue weighted by atomic mass is 10.1. The molecule has 3 aromatic carbocycles. The van der Waals surface area contributed by atoms with Crippen molar-refractivity contribution in [3.8, 4) is 11.3 Å². The van der Waals surface area contributed by atoms with Crippen LogP contribution in [0.25, 0.3) is 27.6 Å². The van der Waals surface area contributed by atoms with E-state index in [-0.39, 0.29) is 34.0 Å². The van der Waals surface area contributed by atoms with Gasteiger partial charge in [-0.05, 0) is 53.6 Å². The Kier molecular flexibility index (Phi) is 8.79. The molecule has 2 aromatic heterocycles. The van der Waals surface area contributed by atoms with Crippen molar-refractivity contribution in [2.24, 2.45) is 0 Å². The largest absolute Gasteiger partial charge is 0.595 e. The summed E-state index contributed by atoms with van der Waals surface area (Å²) in [5.74, 6) is 0. The van der Waals surface area contributed by atoms with Gasteiger partial charge in [0.1, 0.15) is 4.53 Å². The van der Waals surface area contributed by atoms with Gasteiger partial charge >= 0.3 is 4.14 Å². The van der Waals surface area contributed by atoms with E-state index >= 15 is 0 Å². The van der Waals surface area contributed by atoms with E-state index in [0.717, 1.165) is 36.4 Å². The molecule has 0 amide bonds. The van der Waals surface area contributed by atoms with Gasteiger partial charge in [0.25, 0.3) is 0 Å². The predicted octanol–water partition coefficient (Wildman–Crippen LogP) is 0.661. The van der Waals surface area contributed by atoms with Crippen LogP contribution in [-0.2, 0) is 0 Å². The van der Waals surface area contributed by atoms with Crippen LogP contribution in [0.2, 0.25) is 0 Å². The molecule has 5 rings (SSSR count). The molecule has 0 bridgehead atoms. The lowest BCUT2D eigenvalue weighted by Gasteiger charge is -2.10. The van der Waals surface area contributed by atoms with Gasteiger partial charge in [-0.25, -0.2) is 15.6 Å². The fourth-order valence-corrected chi connectivity index (χ4v) is 6.13. The smallest absolute Gasteiger partial charge is 0.326 e. The first-order valence-electron chi connectivity index (χ1n) is 11.0. The molecule has 13 heteroatoms. The number of benzene rings is 3. The summed E-state index contributed by atoms with van der Waals surface area (Å²) in [6.07, 6.45) is 3.94. The van der Waals surface area contributed by atoms with E-state index in [1.54, 1.807) is 95.5 Å². The first-order chi connectivity index (χ1) is 17.8. The third-order valence-electron chi connectivity index (χ3n) is 5.73. The van der Waals surface area contributed by atoms with Gasteiger partial charge in [0.05, 0.1) is 5.38 Å². The maximum Gasteiger partial charge on any atom is 0.326 e. The third-order valence-corrected chi connectivity index (χ3v) is 7.90. The summed E-state index contributed by atoms with van der Waals surface area (Å²) in [6.45, 7) is 0. The molecule has 5 aromatic rings. The molecular weight excluding hydrogens is 596 g/mol. The highest BCUT2D eigenvalue weighted by molar-refractivity contribution is 8.93. The average Bonchev–Trinajstić information content (AvgIpc) is 3.44. The average molecular weight is 619 g/mol. The quantitative estimate of drug-likeness (QED) is 0.122. The molecule has 0 saturated heterocycles. The molecular formula is C25H22BrN4O6S2+. The monoisotopic (exact) mass is 617 g/mol. The molecule has 3 unspecified atom stereocenters. The van der Waals surface area contributed by atoms with Gasteiger partial charge in [-0.3, -0.25) is 0 Å². The van der Waals surface area contributed by atoms with Gasteiger partial charge in [0.15, 0.2) is 17.1 Å². The highest BCUT2D eigenvalue weighted by Gasteiger charge is 2.21. The Morgan fingerprint density at radius 1 is 0.658 bits per heavy atom. The second kappa shape index (κ2) is 11.9. The van der Waals surface area contributed by atoms with Crippen LogP contribution in [0.5, 0.6) is 0 Å². The Labute approximate surface area is 234 Å². The predicted molar refractivity (Wildman–Crippen MR) is 148 cm³/mol. The van der Waals surface area contributed by atoms with Crippen LogP contribution in [0, 0.1) is 15.6 Å². The van der Waals surface area contributed by atoms with Crippen molar-refractivity contribution in [1.29, 1.82) is 0 Å². The first kappa shape index (κ1) is 28.1. The van der Waals surface area contributed by atoms with Crippen LogP contribution in [-0.4, -0.2) is 15.6 Å². The highest BCUT2D eigenvalue weighted by Crippen LogP contribution is 2.22. The summed E-state index contributed by atoms with van der Waals surface area (Å²) in [5.41, 5.74) is 4.00. The van der Waals surface area contributed by atoms with Crippen molar-refractivity contribution in [3.63, 3.8) is 0 Å². The number of nitrogens with zero attached hydrogens (tertiary/aromatic N) is 1. The number of hydrogen-bond acceptors (Lipinski definition) is 8. The fourth-order valence-electron chi connectivity index (χ4n) is 3.84. The van der Waals surface area contributed by atoms with Gasteiger partial charge in [0, 0.05) is 48.0 Å². The molecule has 0 saturated carbocycles. The van der Waals surface area contributed by atoms with Gasteiger partial charge < -0.3 is 15.6 Å². The minimum atomic E-state index is -0.998. The van der Waals surface area contributed by atoms with E-state index in [1.807, 2.05) is 17.5 Å². The molecule has 0 spiro atoms. The summed E-state index contributed by atoms with van der Waals surface area (Å²) in [7, 11) is 0. The van der Waals surface area contributed by atoms with Crippen LogP contribution in [0.3, 0.4) is 0 Å². The Bertz CT molecular complexity index is 1650. The number of hydrogen-bond donors (Lipinski definition) is 6. The Morgan fingerprint density at radius 2 is 1.11 bits per heavy atom. The number of quaternary nitrogens is 3. The number of rotatable bonds is 6. The van der Waals surface area contributed by atoms with Crippen molar-refractivity contribution in [1.82, 2.24) is 0 Å². The molecule has 0 aliphatic rings. The van der Waals surface area contributed by atoms with Crippen molar-refractivity contribution >= 4 is 73.0 Å². The van der Waals surface area contributed by atoms with Gasteiger partial charge in [0.2, 0.25) is 11.0 Å². The van der Waals surface area contributed by atoms with Crippen molar-refractivity contribution in [2.75, 3.05) is 0 Å². The second-order valence-corrected chi connectivity index (χ2v) is 10.2. The Morgan fingerprint density at radius 3 is 1.58 bits per heavy atom. The number of nitrogens with one attached hydrogen (secondary N) is 3. The van der Waals surface area contributed by atoms with Crippen LogP contribution >= 0.6 is 39.7 Å². The zero-order valence-electron chi connectivity index (χ0n) is 19.4. The van der Waals surface area contributed by atoms with E-state index in [2.05, 4.69) is 4.40 Å². The van der Waals surface area contributed by atoms with Gasteiger partial charge in [-0.2, -0.15) is 15.7 Å². The lowest BCUT2D eigenvalue weighted by Crippen LogP contribution is -2.99. The zero-order valence-corrected chi connectivity index (χ0v) is 22.7. The summed E-state index contributed by atoms with van der Waals surface area (Å²) in [4.78, 5) is 0. The van der Waals surface area contributed by atoms with Crippen LogP contribution < -0.4 is 30.0 Å². The van der Waals surface area contributed by atoms with E-state index < -0.39 is 15.7 Å². The van der Waals surface area contributed by atoms with E-state index in [1.165, 1.54) is 0 Å².